The van der Waals surface area contributed by atoms with Crippen LogP contribution in [0.3, 0.4) is 0 Å². The lowest BCUT2D eigenvalue weighted by molar-refractivity contribution is -0.137. The molecule has 0 aromatic rings. The minimum absolute atomic E-state index is 0.0183. The number of aliphatic carboxylic acids is 1. The Balaban J connectivity index is 3.78. The van der Waals surface area contributed by atoms with Gasteiger partial charge in [-0.25, -0.2) is 0 Å². The number of rotatable bonds is 8. The van der Waals surface area contributed by atoms with Crippen LogP contribution >= 0.6 is 0 Å². The quantitative estimate of drug-likeness (QED) is 0.577. The fourth-order valence-electron chi connectivity index (χ4n) is 1.39. The van der Waals surface area contributed by atoms with Gasteiger partial charge in [-0.15, -0.1) is 0 Å². The topological polar surface area (TPSA) is 92.4 Å². The summed E-state index contributed by atoms with van der Waals surface area (Å²) in [6.45, 7) is 3.76. The van der Waals surface area contributed by atoms with Crippen molar-refractivity contribution < 1.29 is 14.7 Å². The van der Waals surface area contributed by atoms with E-state index >= 15 is 0 Å². The Hall–Kier alpha value is -1.10. The number of nitrogens with two attached hydrogens (primary N) is 1. The van der Waals surface area contributed by atoms with Gasteiger partial charge in [0.15, 0.2) is 0 Å². The first-order valence-corrected chi connectivity index (χ1v) is 5.72. The van der Waals surface area contributed by atoms with Crippen LogP contribution in [0.4, 0.5) is 0 Å². The van der Waals surface area contributed by atoms with Crippen LogP contribution in [0.2, 0.25) is 0 Å². The second-order valence-corrected chi connectivity index (χ2v) is 4.14. The van der Waals surface area contributed by atoms with Gasteiger partial charge in [0.25, 0.3) is 0 Å². The van der Waals surface area contributed by atoms with Gasteiger partial charge in [-0.1, -0.05) is 6.92 Å². The molecule has 2 atom stereocenters. The summed E-state index contributed by atoms with van der Waals surface area (Å²) in [4.78, 5) is 21.9. The summed E-state index contributed by atoms with van der Waals surface area (Å²) < 4.78 is 0. The van der Waals surface area contributed by atoms with E-state index in [1.807, 2.05) is 13.8 Å². The Labute approximate surface area is 96.4 Å². The van der Waals surface area contributed by atoms with Gasteiger partial charge in [0, 0.05) is 18.5 Å². The van der Waals surface area contributed by atoms with Crippen LogP contribution in [-0.2, 0) is 9.59 Å². The van der Waals surface area contributed by atoms with Gasteiger partial charge in [-0.3, -0.25) is 9.59 Å². The lowest BCUT2D eigenvalue weighted by Crippen LogP contribution is -2.36. The van der Waals surface area contributed by atoms with Crippen molar-refractivity contribution >= 4 is 11.9 Å². The Morgan fingerprint density at radius 1 is 1.44 bits per heavy atom. The van der Waals surface area contributed by atoms with Crippen molar-refractivity contribution in [3.05, 3.63) is 0 Å². The molecular weight excluding hydrogens is 208 g/mol. The van der Waals surface area contributed by atoms with E-state index in [0.29, 0.717) is 12.8 Å². The number of carboxylic acids is 1. The van der Waals surface area contributed by atoms with Crippen LogP contribution in [0.1, 0.15) is 46.0 Å². The van der Waals surface area contributed by atoms with Crippen LogP contribution in [0, 0.1) is 0 Å². The van der Waals surface area contributed by atoms with Crippen molar-refractivity contribution in [3.63, 3.8) is 0 Å². The van der Waals surface area contributed by atoms with E-state index in [0.717, 1.165) is 12.8 Å². The number of hydrogen-bond donors (Lipinski definition) is 3. The van der Waals surface area contributed by atoms with Crippen molar-refractivity contribution in [3.8, 4) is 0 Å². The van der Waals surface area contributed by atoms with Crippen molar-refractivity contribution in [2.24, 2.45) is 5.73 Å². The summed E-state index contributed by atoms with van der Waals surface area (Å²) in [5.41, 5.74) is 5.56. The summed E-state index contributed by atoms with van der Waals surface area (Å²) >= 11 is 0. The first kappa shape index (κ1) is 14.9. The minimum atomic E-state index is -0.886. The molecular formula is C11H22N2O3. The summed E-state index contributed by atoms with van der Waals surface area (Å²) in [5.74, 6) is -0.975. The molecule has 4 N–H and O–H groups in total. The molecule has 0 saturated carbocycles. The number of carboxylic acid groups (broad SMARTS) is 1. The average Bonchev–Trinajstić information content (AvgIpc) is 2.15. The first-order valence-electron chi connectivity index (χ1n) is 5.72. The lowest BCUT2D eigenvalue weighted by atomic mass is 10.1. The molecule has 0 aromatic carbocycles. The van der Waals surface area contributed by atoms with E-state index in [1.165, 1.54) is 0 Å². The molecule has 1 amide bonds. The Bertz CT molecular complexity index is 229. The number of carbonyl (C=O) groups is 2. The van der Waals surface area contributed by atoms with E-state index in [9.17, 15) is 9.59 Å². The molecule has 5 heteroatoms. The Kier molecular flexibility index (Phi) is 7.54. The van der Waals surface area contributed by atoms with Gasteiger partial charge in [0.2, 0.25) is 5.91 Å². The summed E-state index contributed by atoms with van der Waals surface area (Å²) in [7, 11) is 0. The Morgan fingerprint density at radius 2 is 2.06 bits per heavy atom. The van der Waals surface area contributed by atoms with Crippen LogP contribution in [0.25, 0.3) is 0 Å². The van der Waals surface area contributed by atoms with E-state index in [1.54, 1.807) is 0 Å². The molecule has 2 unspecified atom stereocenters. The fourth-order valence-corrected chi connectivity index (χ4v) is 1.39. The van der Waals surface area contributed by atoms with Crippen LogP contribution in [0.15, 0.2) is 0 Å². The van der Waals surface area contributed by atoms with E-state index in [2.05, 4.69) is 5.32 Å². The largest absolute Gasteiger partial charge is 0.481 e. The van der Waals surface area contributed by atoms with Gasteiger partial charge < -0.3 is 16.2 Å². The third-order valence-electron chi connectivity index (χ3n) is 2.34. The molecule has 0 aliphatic rings. The normalized spacial score (nSPS) is 14.2. The number of nitrogens with one attached hydrogen (secondary N) is 1. The molecule has 0 saturated heterocycles. The van der Waals surface area contributed by atoms with Crippen LogP contribution in [0.5, 0.6) is 0 Å². The monoisotopic (exact) mass is 230 g/mol. The van der Waals surface area contributed by atoms with Crippen LogP contribution < -0.4 is 11.1 Å². The van der Waals surface area contributed by atoms with Gasteiger partial charge in [0.05, 0.1) is 6.42 Å². The Morgan fingerprint density at radius 3 is 2.50 bits per heavy atom. The molecule has 0 aromatic heterocycles. The molecule has 0 bridgehead atoms. The first-order chi connectivity index (χ1) is 7.45. The third-order valence-corrected chi connectivity index (χ3v) is 2.34. The molecule has 0 aliphatic heterocycles. The molecule has 94 valence electrons. The predicted molar refractivity (Wildman–Crippen MR) is 62.0 cm³/mol. The molecule has 0 fully saturated rings. The van der Waals surface area contributed by atoms with Gasteiger partial charge in [-0.2, -0.15) is 0 Å². The highest BCUT2D eigenvalue weighted by atomic mass is 16.4. The maximum atomic E-state index is 11.4. The van der Waals surface area contributed by atoms with Gasteiger partial charge in [0.1, 0.15) is 0 Å². The highest BCUT2D eigenvalue weighted by Gasteiger charge is 2.13. The molecule has 5 nitrogen and oxygen atoms in total. The zero-order chi connectivity index (χ0) is 12.6. The van der Waals surface area contributed by atoms with E-state index in [4.69, 9.17) is 10.8 Å². The highest BCUT2D eigenvalue weighted by molar-refractivity contribution is 5.77. The number of amides is 1. The zero-order valence-electron chi connectivity index (χ0n) is 10.0. The second kappa shape index (κ2) is 8.10. The smallest absolute Gasteiger partial charge is 0.305 e. The minimum Gasteiger partial charge on any atom is -0.481 e. The molecule has 0 spiro atoms. The van der Waals surface area contributed by atoms with E-state index in [-0.39, 0.29) is 24.4 Å². The SMILES string of the molecule is CCC(CC(=O)O)NC(=O)CCCC(C)N. The molecule has 16 heavy (non-hydrogen) atoms. The molecule has 0 aliphatic carbocycles. The summed E-state index contributed by atoms with van der Waals surface area (Å²) in [6, 6.07) is -0.158. The number of hydrogen-bond acceptors (Lipinski definition) is 3. The molecule has 0 radical (unpaired) electrons. The van der Waals surface area contributed by atoms with Crippen LogP contribution in [-0.4, -0.2) is 29.1 Å². The van der Waals surface area contributed by atoms with Gasteiger partial charge >= 0.3 is 5.97 Å². The second-order valence-electron chi connectivity index (χ2n) is 4.14. The highest BCUT2D eigenvalue weighted by Crippen LogP contribution is 2.02. The fraction of sp³-hybridized carbons (Fsp3) is 0.818. The van der Waals surface area contributed by atoms with Gasteiger partial charge in [-0.05, 0) is 26.2 Å². The molecule has 0 heterocycles. The average molecular weight is 230 g/mol. The zero-order valence-corrected chi connectivity index (χ0v) is 10.0. The van der Waals surface area contributed by atoms with Crippen molar-refractivity contribution in [2.75, 3.05) is 0 Å². The maximum Gasteiger partial charge on any atom is 0.305 e. The van der Waals surface area contributed by atoms with Crippen molar-refractivity contribution in [1.82, 2.24) is 5.32 Å². The van der Waals surface area contributed by atoms with Crippen molar-refractivity contribution in [2.45, 2.75) is 58.0 Å². The molecule has 0 rings (SSSR count). The summed E-state index contributed by atoms with van der Waals surface area (Å²) in [6.07, 6.45) is 2.58. The van der Waals surface area contributed by atoms with Crippen molar-refractivity contribution in [1.29, 1.82) is 0 Å². The maximum absolute atomic E-state index is 11.4. The predicted octanol–water partition coefficient (Wildman–Crippen LogP) is 0.873. The summed E-state index contributed by atoms with van der Waals surface area (Å²) in [5, 5.41) is 11.3. The lowest BCUT2D eigenvalue weighted by Gasteiger charge is -2.14. The number of carbonyl (C=O) groups excluding carboxylic acids is 1. The third kappa shape index (κ3) is 8.23. The standard InChI is InChI=1S/C11H22N2O3/c1-3-9(7-11(15)16)13-10(14)6-4-5-8(2)12/h8-9H,3-7,12H2,1-2H3,(H,13,14)(H,15,16). The van der Waals surface area contributed by atoms with E-state index < -0.39 is 5.97 Å².